The zero-order chi connectivity index (χ0) is 19.9. The Labute approximate surface area is 176 Å². The lowest BCUT2D eigenvalue weighted by molar-refractivity contribution is 0.224. The Bertz CT molecular complexity index is 601. The molecule has 0 bridgehead atoms. The molecule has 0 aliphatic heterocycles. The van der Waals surface area contributed by atoms with E-state index in [1.165, 1.54) is 64.2 Å². The van der Waals surface area contributed by atoms with Gasteiger partial charge in [0.1, 0.15) is 0 Å². The van der Waals surface area contributed by atoms with Gasteiger partial charge in [-0.15, -0.1) is 0 Å². The average molecular weight is 409 g/mol. The number of rotatable bonds is 8. The number of halogens is 2. The van der Waals surface area contributed by atoms with E-state index in [0.29, 0.717) is 12.5 Å². The summed E-state index contributed by atoms with van der Waals surface area (Å²) in [5, 5.41) is 0.276. The van der Waals surface area contributed by atoms with Crippen LogP contribution in [0.4, 0.5) is 4.39 Å². The van der Waals surface area contributed by atoms with Crippen LogP contribution in [0.2, 0.25) is 5.02 Å². The van der Waals surface area contributed by atoms with Crippen LogP contribution in [0.5, 0.6) is 5.75 Å². The molecule has 1 nitrogen and oxygen atoms in total. The fourth-order valence-electron chi connectivity index (χ4n) is 5.58. The van der Waals surface area contributed by atoms with E-state index in [2.05, 4.69) is 6.92 Å². The first-order valence-corrected chi connectivity index (χ1v) is 12.1. The van der Waals surface area contributed by atoms with Crippen molar-refractivity contribution in [3.05, 3.63) is 28.5 Å². The Hall–Kier alpha value is -0.760. The molecule has 158 valence electrons. The predicted molar refractivity (Wildman–Crippen MR) is 117 cm³/mol. The van der Waals surface area contributed by atoms with E-state index in [4.69, 9.17) is 16.3 Å². The fraction of sp³-hybridized carbons (Fsp3) is 0.760. The standard InChI is InChI=1S/C25H38ClFO/c1-3-5-18-6-8-19(9-7-18)10-11-20-12-14-21(15-13-20)22-16-17-23(28-4-2)25(27)24(22)26/h16-21H,3-15H2,1-2H3/t18-,19-,20?,21?. The lowest BCUT2D eigenvalue weighted by Crippen LogP contribution is -2.18. The van der Waals surface area contributed by atoms with E-state index in [1.54, 1.807) is 6.07 Å². The highest BCUT2D eigenvalue weighted by molar-refractivity contribution is 6.31. The number of hydrogen-bond acceptors (Lipinski definition) is 1. The van der Waals surface area contributed by atoms with Gasteiger partial charge in [0.15, 0.2) is 11.6 Å². The lowest BCUT2D eigenvalue weighted by atomic mass is 9.74. The van der Waals surface area contributed by atoms with Crippen molar-refractivity contribution in [2.24, 2.45) is 17.8 Å². The van der Waals surface area contributed by atoms with Crippen molar-refractivity contribution in [2.75, 3.05) is 6.61 Å². The van der Waals surface area contributed by atoms with E-state index in [-0.39, 0.29) is 16.6 Å². The van der Waals surface area contributed by atoms with Gasteiger partial charge < -0.3 is 4.74 Å². The molecule has 28 heavy (non-hydrogen) atoms. The number of hydrogen-bond donors (Lipinski definition) is 0. The average Bonchev–Trinajstić information content (AvgIpc) is 2.72. The van der Waals surface area contributed by atoms with Gasteiger partial charge in [-0.1, -0.05) is 76.0 Å². The molecule has 1 aromatic rings. The van der Waals surface area contributed by atoms with Crippen LogP contribution in [-0.2, 0) is 0 Å². The topological polar surface area (TPSA) is 9.23 Å². The molecule has 0 spiro atoms. The molecule has 0 aromatic heterocycles. The molecule has 0 saturated heterocycles. The van der Waals surface area contributed by atoms with Gasteiger partial charge in [-0.2, -0.15) is 0 Å². The quantitative estimate of drug-likeness (QED) is 0.418. The van der Waals surface area contributed by atoms with Gasteiger partial charge in [0.05, 0.1) is 11.6 Å². The Balaban J connectivity index is 1.43. The first-order valence-electron chi connectivity index (χ1n) is 11.7. The van der Waals surface area contributed by atoms with Gasteiger partial charge >= 0.3 is 0 Å². The molecule has 3 rings (SSSR count). The van der Waals surface area contributed by atoms with Crippen molar-refractivity contribution in [2.45, 2.75) is 96.8 Å². The van der Waals surface area contributed by atoms with Gasteiger partial charge in [0, 0.05) is 0 Å². The summed E-state index contributed by atoms with van der Waals surface area (Å²) in [6.45, 7) is 4.63. The van der Waals surface area contributed by atoms with Crippen LogP contribution in [0, 0.1) is 23.6 Å². The van der Waals surface area contributed by atoms with Gasteiger partial charge in [-0.3, -0.25) is 0 Å². The molecule has 3 heteroatoms. The minimum absolute atomic E-state index is 0.276. The summed E-state index contributed by atoms with van der Waals surface area (Å²) in [7, 11) is 0. The van der Waals surface area contributed by atoms with Crippen LogP contribution >= 0.6 is 11.6 Å². The molecule has 2 saturated carbocycles. The van der Waals surface area contributed by atoms with Crippen LogP contribution in [-0.4, -0.2) is 6.61 Å². The minimum Gasteiger partial charge on any atom is -0.491 e. The van der Waals surface area contributed by atoms with Crippen molar-refractivity contribution in [1.82, 2.24) is 0 Å². The van der Waals surface area contributed by atoms with E-state index in [9.17, 15) is 4.39 Å². The molecule has 2 fully saturated rings. The van der Waals surface area contributed by atoms with Gasteiger partial charge in [0.25, 0.3) is 0 Å². The van der Waals surface area contributed by atoms with E-state index >= 15 is 0 Å². The Morgan fingerprint density at radius 1 is 0.857 bits per heavy atom. The Kier molecular flexibility index (Phi) is 8.51. The van der Waals surface area contributed by atoms with Crippen molar-refractivity contribution >= 4 is 11.6 Å². The fourth-order valence-corrected chi connectivity index (χ4v) is 5.89. The summed E-state index contributed by atoms with van der Waals surface area (Å²) >= 11 is 6.35. The second-order valence-corrected chi connectivity index (χ2v) is 9.56. The maximum atomic E-state index is 14.4. The summed E-state index contributed by atoms with van der Waals surface area (Å²) in [6.07, 6.45) is 16.3. The van der Waals surface area contributed by atoms with Crippen LogP contribution in [0.25, 0.3) is 0 Å². The van der Waals surface area contributed by atoms with Crippen molar-refractivity contribution in [1.29, 1.82) is 0 Å². The predicted octanol–water partition coefficient (Wildman–Crippen LogP) is 8.54. The summed E-state index contributed by atoms with van der Waals surface area (Å²) in [5.41, 5.74) is 0.982. The van der Waals surface area contributed by atoms with Gasteiger partial charge in [0.2, 0.25) is 0 Å². The third kappa shape index (κ3) is 5.65. The zero-order valence-electron chi connectivity index (χ0n) is 17.8. The normalized spacial score (nSPS) is 28.3. The van der Waals surface area contributed by atoms with Gasteiger partial charge in [-0.05, 0) is 67.9 Å². The first kappa shape index (κ1) is 21.9. The summed E-state index contributed by atoms with van der Waals surface area (Å²) in [5.74, 6) is 3.13. The van der Waals surface area contributed by atoms with Crippen molar-refractivity contribution in [3.8, 4) is 5.75 Å². The highest BCUT2D eigenvalue weighted by atomic mass is 35.5. The zero-order valence-corrected chi connectivity index (χ0v) is 18.6. The maximum absolute atomic E-state index is 14.4. The molecule has 0 amide bonds. The molecule has 2 aliphatic carbocycles. The second-order valence-electron chi connectivity index (χ2n) is 9.18. The number of benzene rings is 1. The highest BCUT2D eigenvalue weighted by Crippen LogP contribution is 2.43. The SMILES string of the molecule is CCC[C@H]1CC[C@H](CCC2CCC(c3ccc(OCC)c(F)c3Cl)CC2)CC1. The minimum atomic E-state index is -0.387. The molecular weight excluding hydrogens is 371 g/mol. The molecule has 2 aliphatic rings. The molecule has 0 radical (unpaired) electrons. The smallest absolute Gasteiger partial charge is 0.183 e. The lowest BCUT2D eigenvalue weighted by Gasteiger charge is -2.32. The Morgan fingerprint density at radius 3 is 1.93 bits per heavy atom. The third-order valence-electron chi connectivity index (χ3n) is 7.31. The van der Waals surface area contributed by atoms with Crippen LogP contribution < -0.4 is 4.74 Å². The van der Waals surface area contributed by atoms with Crippen molar-refractivity contribution in [3.63, 3.8) is 0 Å². The summed E-state index contributed by atoms with van der Waals surface area (Å²) in [4.78, 5) is 0. The molecular formula is C25H38ClFO. The van der Waals surface area contributed by atoms with Crippen LogP contribution in [0.1, 0.15) is 102 Å². The van der Waals surface area contributed by atoms with Crippen molar-refractivity contribution < 1.29 is 9.13 Å². The maximum Gasteiger partial charge on any atom is 0.183 e. The van der Waals surface area contributed by atoms with Gasteiger partial charge in [-0.25, -0.2) is 4.39 Å². The first-order chi connectivity index (χ1) is 13.6. The van der Waals surface area contributed by atoms with E-state index in [1.807, 2.05) is 13.0 Å². The molecule has 0 heterocycles. The summed E-state index contributed by atoms with van der Waals surface area (Å²) < 4.78 is 19.8. The van der Waals surface area contributed by atoms with E-state index < -0.39 is 0 Å². The molecule has 0 unspecified atom stereocenters. The monoisotopic (exact) mass is 408 g/mol. The van der Waals surface area contributed by atoms with E-state index in [0.717, 1.165) is 36.2 Å². The molecule has 0 atom stereocenters. The second kappa shape index (κ2) is 10.9. The summed E-state index contributed by atoms with van der Waals surface area (Å²) in [6, 6.07) is 3.73. The third-order valence-corrected chi connectivity index (χ3v) is 7.69. The Morgan fingerprint density at radius 2 is 1.39 bits per heavy atom. The molecule has 0 N–H and O–H groups in total. The molecule has 1 aromatic carbocycles. The largest absolute Gasteiger partial charge is 0.491 e. The highest BCUT2D eigenvalue weighted by Gasteiger charge is 2.27. The number of ether oxygens (including phenoxy) is 1. The van der Waals surface area contributed by atoms with Crippen LogP contribution in [0.15, 0.2) is 12.1 Å². The van der Waals surface area contributed by atoms with Crippen LogP contribution in [0.3, 0.4) is 0 Å².